The average molecular weight is 300 g/mol. The second kappa shape index (κ2) is 6.50. The van der Waals surface area contributed by atoms with Gasteiger partial charge in [0.2, 0.25) is 0 Å². The number of aromatic nitrogens is 1. The van der Waals surface area contributed by atoms with Crippen LogP contribution in [0.25, 0.3) is 0 Å². The lowest BCUT2D eigenvalue weighted by molar-refractivity contribution is 0.0182. The minimum absolute atomic E-state index is 0.0661. The molecule has 1 aliphatic heterocycles. The van der Waals surface area contributed by atoms with Crippen molar-refractivity contribution < 1.29 is 14.3 Å². The van der Waals surface area contributed by atoms with Gasteiger partial charge in [0, 0.05) is 30.8 Å². The van der Waals surface area contributed by atoms with Crippen LogP contribution in [-0.4, -0.2) is 48.3 Å². The zero-order valence-corrected chi connectivity index (χ0v) is 13.3. The number of pyridine rings is 1. The molecule has 6 heteroatoms. The van der Waals surface area contributed by atoms with Crippen LogP contribution in [0.3, 0.4) is 0 Å². The van der Waals surface area contributed by atoms with Crippen LogP contribution in [0, 0.1) is 5.92 Å². The van der Waals surface area contributed by atoms with E-state index < -0.39 is 5.60 Å². The Labute approximate surface area is 132 Å². The predicted molar refractivity (Wildman–Crippen MR) is 84.5 cm³/mol. The van der Waals surface area contributed by atoms with Gasteiger partial charge in [-0.05, 0) is 45.3 Å². The number of ketones is 1. The number of nitrogens with zero attached hydrogens (tertiary/aromatic N) is 2. The van der Waals surface area contributed by atoms with E-state index in [0.717, 1.165) is 0 Å². The number of ether oxygens (including phenoxy) is 1. The predicted octanol–water partition coefficient (Wildman–Crippen LogP) is 1.71. The van der Waals surface area contributed by atoms with Crippen LogP contribution in [0.1, 0.15) is 44.0 Å². The molecular weight excluding hydrogens is 279 g/mol. The van der Waals surface area contributed by atoms with E-state index in [0.29, 0.717) is 37.1 Å². The second-order valence-corrected chi connectivity index (χ2v) is 6.58. The van der Waals surface area contributed by atoms with Crippen LogP contribution in [0.15, 0.2) is 18.3 Å². The Morgan fingerprint density at radius 1 is 1.27 bits per heavy atom. The van der Waals surface area contributed by atoms with Crippen molar-refractivity contribution in [3.8, 4) is 0 Å². The van der Waals surface area contributed by atoms with Gasteiger partial charge in [0.25, 0.3) is 0 Å². The summed E-state index contributed by atoms with van der Waals surface area (Å²) in [7, 11) is 5.53. The maximum Gasteiger partial charge on any atom is 0.410 e. The van der Waals surface area contributed by atoms with Crippen molar-refractivity contribution in [1.82, 2.24) is 9.88 Å². The van der Waals surface area contributed by atoms with Gasteiger partial charge in [-0.2, -0.15) is 0 Å². The van der Waals surface area contributed by atoms with E-state index in [9.17, 15) is 9.59 Å². The quantitative estimate of drug-likeness (QED) is 0.616. The number of piperidine rings is 1. The molecule has 5 nitrogen and oxygen atoms in total. The first-order valence-electron chi connectivity index (χ1n) is 7.50. The van der Waals surface area contributed by atoms with Crippen LogP contribution in [0.5, 0.6) is 0 Å². The molecular formula is C16H21BN2O3. The molecule has 0 spiro atoms. The summed E-state index contributed by atoms with van der Waals surface area (Å²) in [5.74, 6) is -0.0135. The van der Waals surface area contributed by atoms with Crippen molar-refractivity contribution in [3.05, 3.63) is 23.9 Å². The maximum atomic E-state index is 12.4. The van der Waals surface area contributed by atoms with Crippen molar-refractivity contribution in [2.45, 2.75) is 39.2 Å². The largest absolute Gasteiger partial charge is 0.444 e. The molecule has 22 heavy (non-hydrogen) atoms. The van der Waals surface area contributed by atoms with E-state index in [4.69, 9.17) is 12.6 Å². The van der Waals surface area contributed by atoms with Gasteiger partial charge in [0.1, 0.15) is 13.4 Å². The molecule has 1 saturated heterocycles. The van der Waals surface area contributed by atoms with Crippen molar-refractivity contribution in [1.29, 1.82) is 0 Å². The van der Waals surface area contributed by atoms with Gasteiger partial charge >= 0.3 is 6.09 Å². The average Bonchev–Trinajstić information content (AvgIpc) is 2.46. The summed E-state index contributed by atoms with van der Waals surface area (Å²) in [6.07, 6.45) is 2.48. The summed E-state index contributed by atoms with van der Waals surface area (Å²) in [5.41, 5.74) is 0.473. The zero-order valence-electron chi connectivity index (χ0n) is 13.3. The Balaban J connectivity index is 1.90. The number of rotatable bonds is 2. The van der Waals surface area contributed by atoms with Crippen LogP contribution in [0.4, 0.5) is 4.79 Å². The summed E-state index contributed by atoms with van der Waals surface area (Å²) in [6.45, 7) is 6.60. The Bertz CT molecular complexity index is 544. The van der Waals surface area contributed by atoms with Gasteiger partial charge in [-0.3, -0.25) is 9.78 Å². The number of carbonyl (C=O) groups is 2. The Morgan fingerprint density at radius 3 is 2.41 bits per heavy atom. The third kappa shape index (κ3) is 4.32. The fraction of sp³-hybridized carbons (Fsp3) is 0.562. The van der Waals surface area contributed by atoms with Crippen molar-refractivity contribution in [2.24, 2.45) is 5.92 Å². The number of hydrogen-bond acceptors (Lipinski definition) is 4. The molecule has 0 aromatic carbocycles. The van der Waals surface area contributed by atoms with Gasteiger partial charge in [-0.25, -0.2) is 4.79 Å². The molecule has 0 aliphatic carbocycles. The van der Waals surface area contributed by atoms with Crippen molar-refractivity contribution in [3.63, 3.8) is 0 Å². The van der Waals surface area contributed by atoms with E-state index in [1.54, 1.807) is 17.0 Å². The van der Waals surface area contributed by atoms with E-state index in [2.05, 4.69) is 4.98 Å². The highest BCUT2D eigenvalue weighted by Crippen LogP contribution is 2.22. The van der Waals surface area contributed by atoms with Crippen molar-refractivity contribution in [2.75, 3.05) is 13.1 Å². The van der Waals surface area contributed by atoms with Gasteiger partial charge in [0.05, 0.1) is 0 Å². The fourth-order valence-corrected chi connectivity index (χ4v) is 2.44. The Kier molecular flexibility index (Phi) is 4.89. The molecule has 1 aliphatic rings. The van der Waals surface area contributed by atoms with Gasteiger partial charge in [-0.1, -0.05) is 6.07 Å². The Morgan fingerprint density at radius 2 is 1.91 bits per heavy atom. The number of likely N-dealkylation sites (tertiary alicyclic amines) is 1. The summed E-state index contributed by atoms with van der Waals surface area (Å²) in [5, 5.41) is 0. The monoisotopic (exact) mass is 300 g/mol. The molecule has 1 aromatic heterocycles. The van der Waals surface area contributed by atoms with Crippen LogP contribution in [-0.2, 0) is 4.74 Å². The van der Waals surface area contributed by atoms with E-state index >= 15 is 0 Å². The number of amides is 1. The molecule has 2 heterocycles. The molecule has 1 aromatic rings. The van der Waals surface area contributed by atoms with Crippen LogP contribution >= 0.6 is 0 Å². The summed E-state index contributed by atoms with van der Waals surface area (Å²) < 4.78 is 5.35. The summed E-state index contributed by atoms with van der Waals surface area (Å²) in [6, 6.07) is 3.33. The minimum atomic E-state index is -0.501. The highest BCUT2D eigenvalue weighted by molar-refractivity contribution is 6.30. The van der Waals surface area contributed by atoms with Gasteiger partial charge < -0.3 is 9.64 Å². The SMILES string of the molecule is [B]c1ccc(C(=O)C2CCN(C(=O)OC(C)(C)C)CC2)cn1. The van der Waals surface area contributed by atoms with Gasteiger partial charge in [-0.15, -0.1) is 0 Å². The minimum Gasteiger partial charge on any atom is -0.444 e. The van der Waals surface area contributed by atoms with E-state index in [-0.39, 0.29) is 17.8 Å². The zero-order chi connectivity index (χ0) is 16.3. The highest BCUT2D eigenvalue weighted by Gasteiger charge is 2.30. The van der Waals surface area contributed by atoms with E-state index in [1.807, 2.05) is 20.8 Å². The molecule has 0 N–H and O–H groups in total. The van der Waals surface area contributed by atoms with Gasteiger partial charge in [0.15, 0.2) is 5.78 Å². The molecule has 0 bridgehead atoms. The lowest BCUT2D eigenvalue weighted by atomic mass is 9.89. The molecule has 0 unspecified atom stereocenters. The standard InChI is InChI=1S/C16H21BN2O3/c1-16(2,3)22-15(21)19-8-6-11(7-9-19)14(20)12-4-5-13(17)18-10-12/h4-5,10-11H,6-9H2,1-3H3. The lowest BCUT2D eigenvalue weighted by Gasteiger charge is -2.32. The molecule has 0 atom stereocenters. The number of hydrogen-bond donors (Lipinski definition) is 0. The smallest absolute Gasteiger partial charge is 0.410 e. The van der Waals surface area contributed by atoms with E-state index in [1.165, 1.54) is 6.20 Å². The first-order chi connectivity index (χ1) is 10.3. The van der Waals surface area contributed by atoms with Crippen LogP contribution < -0.4 is 5.59 Å². The summed E-state index contributed by atoms with van der Waals surface area (Å²) >= 11 is 0. The lowest BCUT2D eigenvalue weighted by Crippen LogP contribution is -2.43. The first-order valence-corrected chi connectivity index (χ1v) is 7.50. The third-order valence-corrected chi connectivity index (χ3v) is 3.59. The normalized spacial score (nSPS) is 16.4. The topological polar surface area (TPSA) is 59.5 Å². The Hall–Kier alpha value is -1.85. The highest BCUT2D eigenvalue weighted by atomic mass is 16.6. The maximum absolute atomic E-state index is 12.4. The molecule has 116 valence electrons. The fourth-order valence-electron chi connectivity index (χ4n) is 2.44. The van der Waals surface area contributed by atoms with Crippen LogP contribution in [0.2, 0.25) is 0 Å². The molecule has 1 amide bonds. The molecule has 2 rings (SSSR count). The molecule has 0 saturated carbocycles. The molecule has 1 fully saturated rings. The second-order valence-electron chi connectivity index (χ2n) is 6.58. The number of carbonyl (C=O) groups excluding carboxylic acids is 2. The van der Waals surface area contributed by atoms with Crippen molar-refractivity contribution >= 4 is 25.3 Å². The third-order valence-electron chi connectivity index (χ3n) is 3.59. The molecule has 2 radical (unpaired) electrons. The number of Topliss-reactive ketones (excluding diaryl/α,β-unsaturated/α-hetero) is 1. The first kappa shape index (κ1) is 16.5. The summed E-state index contributed by atoms with van der Waals surface area (Å²) in [4.78, 5) is 30.0.